The Bertz CT molecular complexity index is 484. The van der Waals surface area contributed by atoms with Crippen LogP contribution in [0.5, 0.6) is 0 Å². The van der Waals surface area contributed by atoms with Crippen molar-refractivity contribution in [3.05, 3.63) is 35.1 Å². The van der Waals surface area contributed by atoms with Crippen molar-refractivity contribution < 1.29 is 14.0 Å². The zero-order chi connectivity index (χ0) is 13.1. The summed E-state index contributed by atoms with van der Waals surface area (Å²) < 4.78 is 13.0. The number of amides is 2. The van der Waals surface area contributed by atoms with Gasteiger partial charge in [0.1, 0.15) is 5.82 Å². The predicted octanol–water partition coefficient (Wildman–Crippen LogP) is 1.14. The Balaban J connectivity index is 1.86. The highest BCUT2D eigenvalue weighted by Crippen LogP contribution is 2.18. The maximum Gasteiger partial charge on any atom is 0.251 e. The second-order valence-electron chi connectivity index (χ2n) is 4.49. The van der Waals surface area contributed by atoms with Gasteiger partial charge in [-0.15, -0.1) is 0 Å². The molecule has 18 heavy (non-hydrogen) atoms. The number of halogens is 1. The van der Waals surface area contributed by atoms with E-state index in [1.165, 1.54) is 18.2 Å². The smallest absolute Gasteiger partial charge is 0.251 e. The highest BCUT2D eigenvalue weighted by molar-refractivity contribution is 5.96. The number of carbonyl (C=O) groups excluding carboxylic acids is 2. The maximum atomic E-state index is 13.0. The molecule has 1 saturated carbocycles. The van der Waals surface area contributed by atoms with Crippen LogP contribution in [0.1, 0.15) is 28.8 Å². The molecule has 0 unspecified atom stereocenters. The molecule has 2 N–H and O–H groups in total. The summed E-state index contributed by atoms with van der Waals surface area (Å²) in [5, 5.41) is 5.27. The number of benzene rings is 1. The molecule has 2 amide bonds. The van der Waals surface area contributed by atoms with Gasteiger partial charge in [0.05, 0.1) is 6.54 Å². The summed E-state index contributed by atoms with van der Waals surface area (Å²) in [6.45, 7) is 1.54. The first kappa shape index (κ1) is 12.5. The van der Waals surface area contributed by atoms with Gasteiger partial charge in [-0.05, 0) is 43.5 Å². The molecule has 1 aromatic rings. The van der Waals surface area contributed by atoms with Gasteiger partial charge >= 0.3 is 0 Å². The van der Waals surface area contributed by atoms with E-state index >= 15 is 0 Å². The zero-order valence-electron chi connectivity index (χ0n) is 10.1. The third kappa shape index (κ3) is 3.29. The molecule has 0 saturated heterocycles. The van der Waals surface area contributed by atoms with Gasteiger partial charge in [0.15, 0.2) is 0 Å². The fourth-order valence-electron chi connectivity index (χ4n) is 1.55. The van der Waals surface area contributed by atoms with Gasteiger partial charge in [0, 0.05) is 11.6 Å². The molecule has 0 spiro atoms. The number of aryl methyl sites for hydroxylation is 1. The van der Waals surface area contributed by atoms with Gasteiger partial charge in [0.2, 0.25) is 5.91 Å². The minimum absolute atomic E-state index is 0.0498. The summed E-state index contributed by atoms with van der Waals surface area (Å²) in [5.74, 6) is -0.910. The van der Waals surface area contributed by atoms with Crippen molar-refractivity contribution >= 4 is 11.8 Å². The lowest BCUT2D eigenvalue weighted by atomic mass is 10.1. The second-order valence-corrected chi connectivity index (χ2v) is 4.49. The fourth-order valence-corrected chi connectivity index (χ4v) is 1.55. The molecule has 1 aliphatic carbocycles. The van der Waals surface area contributed by atoms with E-state index in [9.17, 15) is 14.0 Å². The van der Waals surface area contributed by atoms with Crippen LogP contribution in [0.15, 0.2) is 18.2 Å². The summed E-state index contributed by atoms with van der Waals surface area (Å²) in [6.07, 6.45) is 2.02. The SMILES string of the molecule is Cc1cc(C(=O)NCC(=O)NC2CC2)ccc1F. The lowest BCUT2D eigenvalue weighted by Gasteiger charge is -2.06. The topological polar surface area (TPSA) is 58.2 Å². The Morgan fingerprint density at radius 1 is 1.39 bits per heavy atom. The van der Waals surface area contributed by atoms with Gasteiger partial charge < -0.3 is 10.6 Å². The van der Waals surface area contributed by atoms with E-state index < -0.39 is 0 Å². The molecular formula is C13H15FN2O2. The van der Waals surface area contributed by atoms with E-state index in [-0.39, 0.29) is 30.2 Å². The molecule has 96 valence electrons. The Kier molecular flexibility index (Phi) is 3.60. The van der Waals surface area contributed by atoms with Crippen molar-refractivity contribution in [2.24, 2.45) is 0 Å². The molecule has 0 heterocycles. The van der Waals surface area contributed by atoms with Gasteiger partial charge in [0.25, 0.3) is 5.91 Å². The molecule has 0 atom stereocenters. The first-order chi connectivity index (χ1) is 8.56. The van der Waals surface area contributed by atoms with Crippen LogP contribution in [-0.4, -0.2) is 24.4 Å². The van der Waals surface area contributed by atoms with Crippen LogP contribution in [0.4, 0.5) is 4.39 Å². The molecule has 1 aliphatic rings. The Morgan fingerprint density at radius 2 is 2.11 bits per heavy atom. The van der Waals surface area contributed by atoms with E-state index in [2.05, 4.69) is 10.6 Å². The van der Waals surface area contributed by atoms with Crippen LogP contribution in [0, 0.1) is 12.7 Å². The van der Waals surface area contributed by atoms with Crippen molar-refractivity contribution in [1.29, 1.82) is 0 Å². The van der Waals surface area contributed by atoms with Gasteiger partial charge in [-0.1, -0.05) is 0 Å². The van der Waals surface area contributed by atoms with Gasteiger partial charge in [-0.2, -0.15) is 0 Å². The van der Waals surface area contributed by atoms with E-state index in [1.807, 2.05) is 0 Å². The summed E-state index contributed by atoms with van der Waals surface area (Å²) in [4.78, 5) is 23.1. The number of hydrogen-bond donors (Lipinski definition) is 2. The summed E-state index contributed by atoms with van der Waals surface area (Å²) in [6, 6.07) is 4.39. The molecule has 0 bridgehead atoms. The van der Waals surface area contributed by atoms with Crippen LogP contribution in [-0.2, 0) is 4.79 Å². The molecule has 0 aromatic heterocycles. The molecule has 0 aliphatic heterocycles. The van der Waals surface area contributed by atoms with E-state index in [0.29, 0.717) is 11.1 Å². The van der Waals surface area contributed by atoms with Gasteiger partial charge in [-0.3, -0.25) is 9.59 Å². The molecule has 1 fully saturated rings. The number of carbonyl (C=O) groups is 2. The maximum absolute atomic E-state index is 13.0. The van der Waals surface area contributed by atoms with Crippen LogP contribution in [0.25, 0.3) is 0 Å². The van der Waals surface area contributed by atoms with Crippen molar-refractivity contribution in [3.8, 4) is 0 Å². The first-order valence-corrected chi connectivity index (χ1v) is 5.90. The Labute approximate surface area is 105 Å². The highest BCUT2D eigenvalue weighted by atomic mass is 19.1. The number of nitrogens with one attached hydrogen (secondary N) is 2. The minimum Gasteiger partial charge on any atom is -0.352 e. The molecule has 2 rings (SSSR count). The molecule has 4 nitrogen and oxygen atoms in total. The Morgan fingerprint density at radius 3 is 2.72 bits per heavy atom. The first-order valence-electron chi connectivity index (χ1n) is 5.90. The highest BCUT2D eigenvalue weighted by Gasteiger charge is 2.23. The van der Waals surface area contributed by atoms with Crippen LogP contribution >= 0.6 is 0 Å². The second kappa shape index (κ2) is 5.16. The van der Waals surface area contributed by atoms with E-state index in [1.54, 1.807) is 6.92 Å². The Hall–Kier alpha value is -1.91. The van der Waals surface area contributed by atoms with Crippen LogP contribution in [0.2, 0.25) is 0 Å². The number of hydrogen-bond acceptors (Lipinski definition) is 2. The van der Waals surface area contributed by atoms with Crippen molar-refractivity contribution in [3.63, 3.8) is 0 Å². The lowest BCUT2D eigenvalue weighted by molar-refractivity contribution is -0.120. The summed E-state index contributed by atoms with van der Waals surface area (Å²) >= 11 is 0. The third-order valence-corrected chi connectivity index (χ3v) is 2.77. The average molecular weight is 250 g/mol. The normalized spacial score (nSPS) is 14.1. The average Bonchev–Trinajstić information content (AvgIpc) is 3.13. The molecular weight excluding hydrogens is 235 g/mol. The lowest BCUT2D eigenvalue weighted by Crippen LogP contribution is -2.37. The summed E-state index contributed by atoms with van der Waals surface area (Å²) in [7, 11) is 0. The molecule has 5 heteroatoms. The molecule has 1 aromatic carbocycles. The van der Waals surface area contributed by atoms with Crippen molar-refractivity contribution in [2.45, 2.75) is 25.8 Å². The fraction of sp³-hybridized carbons (Fsp3) is 0.385. The van der Waals surface area contributed by atoms with E-state index in [0.717, 1.165) is 12.8 Å². The third-order valence-electron chi connectivity index (χ3n) is 2.77. The summed E-state index contributed by atoms with van der Waals surface area (Å²) in [5.41, 5.74) is 0.762. The van der Waals surface area contributed by atoms with Crippen LogP contribution in [0.3, 0.4) is 0 Å². The standard InChI is InChI=1S/C13H15FN2O2/c1-8-6-9(2-5-11(8)14)13(18)15-7-12(17)16-10-3-4-10/h2,5-6,10H,3-4,7H2,1H3,(H,15,18)(H,16,17). The minimum atomic E-state index is -0.371. The monoisotopic (exact) mass is 250 g/mol. The molecule has 0 radical (unpaired) electrons. The number of rotatable bonds is 4. The van der Waals surface area contributed by atoms with Gasteiger partial charge in [-0.25, -0.2) is 4.39 Å². The van der Waals surface area contributed by atoms with Crippen molar-refractivity contribution in [2.75, 3.05) is 6.54 Å². The zero-order valence-corrected chi connectivity index (χ0v) is 10.1. The largest absolute Gasteiger partial charge is 0.352 e. The predicted molar refractivity (Wildman–Crippen MR) is 64.6 cm³/mol. The van der Waals surface area contributed by atoms with E-state index in [4.69, 9.17) is 0 Å². The van der Waals surface area contributed by atoms with Crippen LogP contribution < -0.4 is 10.6 Å². The quantitative estimate of drug-likeness (QED) is 0.842. The van der Waals surface area contributed by atoms with Crippen molar-refractivity contribution in [1.82, 2.24) is 10.6 Å².